The smallest absolute Gasteiger partial charge is 0.106 e. The number of nitrogens with zero attached hydrogens (tertiary/aromatic N) is 1. The van der Waals surface area contributed by atoms with E-state index in [9.17, 15) is 0 Å². The molecule has 2 rings (SSSR count). The summed E-state index contributed by atoms with van der Waals surface area (Å²) >= 11 is 3.33. The molecule has 0 bridgehead atoms. The molecule has 0 saturated heterocycles. The van der Waals surface area contributed by atoms with Gasteiger partial charge in [0.1, 0.15) is 4.60 Å². The zero-order chi connectivity index (χ0) is 8.55. The van der Waals surface area contributed by atoms with E-state index in [1.807, 2.05) is 18.2 Å². The molecule has 1 aliphatic carbocycles. The number of pyridine rings is 1. The number of hydrogen-bond acceptors (Lipinski definition) is 2. The van der Waals surface area contributed by atoms with Crippen LogP contribution in [-0.4, -0.2) is 4.98 Å². The molecule has 0 unspecified atom stereocenters. The molecule has 1 aromatic rings. The van der Waals surface area contributed by atoms with Crippen LogP contribution in [0, 0.1) is 5.92 Å². The molecule has 1 atom stereocenters. The highest BCUT2D eigenvalue weighted by atomic mass is 79.9. The molecule has 1 aliphatic rings. The van der Waals surface area contributed by atoms with Crippen LogP contribution >= 0.6 is 15.9 Å². The van der Waals surface area contributed by atoms with E-state index in [2.05, 4.69) is 20.9 Å². The lowest BCUT2D eigenvalue weighted by Gasteiger charge is -2.08. The second-order valence-electron chi connectivity index (χ2n) is 3.25. The van der Waals surface area contributed by atoms with Gasteiger partial charge < -0.3 is 5.73 Å². The summed E-state index contributed by atoms with van der Waals surface area (Å²) in [5.74, 6) is 0.673. The highest BCUT2D eigenvalue weighted by Gasteiger charge is 2.30. The van der Waals surface area contributed by atoms with E-state index in [0.29, 0.717) is 5.92 Å². The van der Waals surface area contributed by atoms with E-state index in [-0.39, 0.29) is 6.04 Å². The first-order chi connectivity index (χ1) is 5.77. The minimum atomic E-state index is 0.141. The topological polar surface area (TPSA) is 38.9 Å². The Morgan fingerprint density at radius 1 is 1.50 bits per heavy atom. The summed E-state index contributed by atoms with van der Waals surface area (Å²) in [4.78, 5) is 4.33. The van der Waals surface area contributed by atoms with Gasteiger partial charge in [0.05, 0.1) is 5.69 Å². The lowest BCUT2D eigenvalue weighted by atomic mass is 10.1. The Kier molecular flexibility index (Phi) is 2.15. The van der Waals surface area contributed by atoms with Crippen molar-refractivity contribution in [1.82, 2.24) is 4.98 Å². The fourth-order valence-electron chi connectivity index (χ4n) is 1.31. The van der Waals surface area contributed by atoms with Crippen molar-refractivity contribution in [3.05, 3.63) is 28.5 Å². The molecule has 1 heterocycles. The first-order valence-electron chi connectivity index (χ1n) is 4.15. The SMILES string of the molecule is N[C@H](c1cccc(Br)n1)C1CC1. The average molecular weight is 227 g/mol. The molecule has 1 saturated carbocycles. The van der Waals surface area contributed by atoms with Crippen molar-refractivity contribution in [3.63, 3.8) is 0 Å². The van der Waals surface area contributed by atoms with Gasteiger partial charge in [-0.1, -0.05) is 6.07 Å². The third-order valence-electron chi connectivity index (χ3n) is 2.21. The largest absolute Gasteiger partial charge is 0.322 e. The number of hydrogen-bond donors (Lipinski definition) is 1. The van der Waals surface area contributed by atoms with Crippen molar-refractivity contribution in [2.45, 2.75) is 18.9 Å². The summed E-state index contributed by atoms with van der Waals surface area (Å²) < 4.78 is 0.871. The van der Waals surface area contributed by atoms with Crippen LogP contribution in [0.25, 0.3) is 0 Å². The Labute approximate surface area is 80.3 Å². The molecule has 64 valence electrons. The molecule has 0 spiro atoms. The van der Waals surface area contributed by atoms with Crippen molar-refractivity contribution in [3.8, 4) is 0 Å². The molecule has 0 amide bonds. The van der Waals surface area contributed by atoms with Gasteiger partial charge in [-0.2, -0.15) is 0 Å². The lowest BCUT2D eigenvalue weighted by Crippen LogP contribution is -2.13. The molecule has 1 aromatic heterocycles. The number of aromatic nitrogens is 1. The maximum atomic E-state index is 5.99. The summed E-state index contributed by atoms with van der Waals surface area (Å²) in [5.41, 5.74) is 6.99. The van der Waals surface area contributed by atoms with Gasteiger partial charge >= 0.3 is 0 Å². The van der Waals surface area contributed by atoms with Crippen molar-refractivity contribution < 1.29 is 0 Å². The standard InChI is InChI=1S/C9H11BrN2/c10-8-3-1-2-7(12-8)9(11)6-4-5-6/h1-3,6,9H,4-5,11H2/t9-/m0/s1. The number of rotatable bonds is 2. The van der Waals surface area contributed by atoms with Crippen LogP contribution in [0.15, 0.2) is 22.8 Å². The van der Waals surface area contributed by atoms with Crippen LogP contribution in [0.4, 0.5) is 0 Å². The second kappa shape index (κ2) is 3.15. The fourth-order valence-corrected chi connectivity index (χ4v) is 1.66. The third kappa shape index (κ3) is 1.67. The molecule has 12 heavy (non-hydrogen) atoms. The van der Waals surface area contributed by atoms with E-state index >= 15 is 0 Å². The molecule has 0 aliphatic heterocycles. The molecular weight excluding hydrogens is 216 g/mol. The summed E-state index contributed by atoms with van der Waals surface area (Å²) in [6.07, 6.45) is 2.52. The van der Waals surface area contributed by atoms with Gasteiger partial charge in [0.2, 0.25) is 0 Å². The van der Waals surface area contributed by atoms with Gasteiger partial charge in [0, 0.05) is 6.04 Å². The van der Waals surface area contributed by atoms with Crippen molar-refractivity contribution in [2.75, 3.05) is 0 Å². The molecular formula is C9H11BrN2. The number of halogens is 1. The van der Waals surface area contributed by atoms with Crippen LogP contribution < -0.4 is 5.73 Å². The van der Waals surface area contributed by atoms with Gasteiger partial charge in [0.25, 0.3) is 0 Å². The summed E-state index contributed by atoms with van der Waals surface area (Å²) in [6, 6.07) is 6.04. The van der Waals surface area contributed by atoms with Gasteiger partial charge in [-0.25, -0.2) is 4.98 Å². The van der Waals surface area contributed by atoms with Gasteiger partial charge in [-0.05, 0) is 46.8 Å². The minimum absolute atomic E-state index is 0.141. The lowest BCUT2D eigenvalue weighted by molar-refractivity contribution is 0.613. The Bertz CT molecular complexity index is 284. The van der Waals surface area contributed by atoms with Gasteiger partial charge in [-0.3, -0.25) is 0 Å². The summed E-state index contributed by atoms with van der Waals surface area (Å²) in [7, 11) is 0. The van der Waals surface area contributed by atoms with Crippen LogP contribution in [-0.2, 0) is 0 Å². The number of nitrogens with two attached hydrogens (primary N) is 1. The Morgan fingerprint density at radius 3 is 2.83 bits per heavy atom. The predicted octanol–water partition coefficient (Wildman–Crippen LogP) is 2.25. The van der Waals surface area contributed by atoms with Crippen molar-refractivity contribution >= 4 is 15.9 Å². The first-order valence-corrected chi connectivity index (χ1v) is 4.95. The average Bonchev–Trinajstić information content (AvgIpc) is 2.85. The molecule has 3 heteroatoms. The van der Waals surface area contributed by atoms with Crippen LogP contribution in [0.5, 0.6) is 0 Å². The predicted molar refractivity (Wildman–Crippen MR) is 51.6 cm³/mol. The van der Waals surface area contributed by atoms with E-state index in [1.54, 1.807) is 0 Å². The van der Waals surface area contributed by atoms with E-state index in [1.165, 1.54) is 12.8 Å². The van der Waals surface area contributed by atoms with Crippen molar-refractivity contribution in [2.24, 2.45) is 11.7 Å². The van der Waals surface area contributed by atoms with E-state index in [0.717, 1.165) is 10.3 Å². The zero-order valence-electron chi connectivity index (χ0n) is 6.70. The van der Waals surface area contributed by atoms with E-state index in [4.69, 9.17) is 5.73 Å². The monoisotopic (exact) mass is 226 g/mol. The Morgan fingerprint density at radius 2 is 2.25 bits per heavy atom. The maximum Gasteiger partial charge on any atom is 0.106 e. The first kappa shape index (κ1) is 8.20. The molecule has 0 radical (unpaired) electrons. The van der Waals surface area contributed by atoms with Gasteiger partial charge in [-0.15, -0.1) is 0 Å². The molecule has 2 nitrogen and oxygen atoms in total. The summed E-state index contributed by atoms with van der Waals surface area (Å²) in [6.45, 7) is 0. The molecule has 0 aromatic carbocycles. The summed E-state index contributed by atoms with van der Waals surface area (Å²) in [5, 5.41) is 0. The second-order valence-corrected chi connectivity index (χ2v) is 4.06. The molecule has 2 N–H and O–H groups in total. The third-order valence-corrected chi connectivity index (χ3v) is 2.65. The Balaban J connectivity index is 2.20. The van der Waals surface area contributed by atoms with Crippen molar-refractivity contribution in [1.29, 1.82) is 0 Å². The normalized spacial score (nSPS) is 19.2. The highest BCUT2D eigenvalue weighted by Crippen LogP contribution is 2.38. The molecule has 1 fully saturated rings. The highest BCUT2D eigenvalue weighted by molar-refractivity contribution is 9.10. The fraction of sp³-hybridized carbons (Fsp3) is 0.444. The minimum Gasteiger partial charge on any atom is -0.322 e. The Hall–Kier alpha value is -0.410. The zero-order valence-corrected chi connectivity index (χ0v) is 8.29. The van der Waals surface area contributed by atoms with Crippen LogP contribution in [0.2, 0.25) is 0 Å². The maximum absolute atomic E-state index is 5.99. The quantitative estimate of drug-likeness (QED) is 0.787. The van der Waals surface area contributed by atoms with E-state index < -0.39 is 0 Å². The van der Waals surface area contributed by atoms with Crippen LogP contribution in [0.3, 0.4) is 0 Å². The van der Waals surface area contributed by atoms with Crippen LogP contribution in [0.1, 0.15) is 24.6 Å². The van der Waals surface area contributed by atoms with Gasteiger partial charge in [0.15, 0.2) is 0 Å².